The van der Waals surface area contributed by atoms with Gasteiger partial charge >= 0.3 is 0 Å². The van der Waals surface area contributed by atoms with E-state index in [9.17, 15) is 4.79 Å². The predicted octanol–water partition coefficient (Wildman–Crippen LogP) is 2.92. The van der Waals surface area contributed by atoms with Gasteiger partial charge in [-0.2, -0.15) is 5.10 Å². The largest absolute Gasteiger partial charge is 0.497 e. The topological polar surface area (TPSA) is 71.2 Å². The average Bonchev–Trinajstić information content (AvgIpc) is 3.30. The molecule has 3 aromatic heterocycles. The van der Waals surface area contributed by atoms with E-state index in [-0.39, 0.29) is 5.56 Å². The highest BCUT2D eigenvalue weighted by Crippen LogP contribution is 2.38. The molecule has 0 saturated carbocycles. The Morgan fingerprint density at radius 1 is 1.19 bits per heavy atom. The lowest BCUT2D eigenvalue weighted by atomic mass is 10.0. The lowest BCUT2D eigenvalue weighted by molar-refractivity contribution is 0.395. The van der Waals surface area contributed by atoms with Crippen molar-refractivity contribution in [3.63, 3.8) is 0 Å². The monoisotopic (exact) mass is 382 g/mol. The van der Waals surface area contributed by atoms with Crippen LogP contribution >= 0.6 is 11.3 Å². The van der Waals surface area contributed by atoms with Crippen molar-refractivity contribution >= 4 is 21.6 Å². The maximum Gasteiger partial charge on any atom is 0.263 e. The van der Waals surface area contributed by atoms with Crippen LogP contribution in [0.2, 0.25) is 0 Å². The average molecular weight is 382 g/mol. The smallest absolute Gasteiger partial charge is 0.263 e. The van der Waals surface area contributed by atoms with Crippen LogP contribution in [0.1, 0.15) is 5.56 Å². The molecule has 0 unspecified atom stereocenters. The summed E-state index contributed by atoms with van der Waals surface area (Å²) in [5, 5.41) is 6.69. The normalized spacial score (nSPS) is 11.1. The molecule has 27 heavy (non-hydrogen) atoms. The molecule has 4 rings (SSSR count). The minimum atomic E-state index is -0.0852. The number of aryl methyl sites for hydroxylation is 1. The number of nitrogens with zero attached hydrogens (tertiary/aromatic N) is 4. The van der Waals surface area contributed by atoms with Crippen LogP contribution in [0.25, 0.3) is 21.3 Å². The number of aromatic nitrogens is 4. The molecule has 3 heterocycles. The van der Waals surface area contributed by atoms with E-state index < -0.39 is 0 Å². The van der Waals surface area contributed by atoms with Crippen LogP contribution in [-0.2, 0) is 13.6 Å². The van der Waals surface area contributed by atoms with E-state index in [2.05, 4.69) is 10.1 Å². The first-order valence-corrected chi connectivity index (χ1v) is 9.15. The third kappa shape index (κ3) is 3.08. The summed E-state index contributed by atoms with van der Waals surface area (Å²) in [7, 11) is 5.06. The maximum atomic E-state index is 13.2. The fourth-order valence-corrected chi connectivity index (χ4v) is 3.95. The summed E-state index contributed by atoms with van der Waals surface area (Å²) in [6, 6.07) is 5.56. The predicted molar refractivity (Wildman–Crippen MR) is 105 cm³/mol. The van der Waals surface area contributed by atoms with Crippen molar-refractivity contribution < 1.29 is 9.47 Å². The molecular weight excluding hydrogens is 364 g/mol. The number of ether oxygens (including phenoxy) is 2. The Bertz CT molecular complexity index is 1180. The van der Waals surface area contributed by atoms with Gasteiger partial charge in [0.25, 0.3) is 5.56 Å². The molecule has 0 N–H and O–H groups in total. The maximum absolute atomic E-state index is 13.2. The summed E-state index contributed by atoms with van der Waals surface area (Å²) in [5.74, 6) is 1.35. The zero-order valence-electron chi connectivity index (χ0n) is 15.2. The molecule has 8 heteroatoms. The highest BCUT2D eigenvalue weighted by atomic mass is 32.1. The standard InChI is InChI=1S/C19H18N4O3S/c1-22-8-12(7-21-22)9-23-11-20-18-17(19(23)24)15(10-27-18)14-5-4-13(25-2)6-16(14)26-3/h4-8,10-11H,9H2,1-3H3. The number of hydrogen-bond acceptors (Lipinski definition) is 6. The summed E-state index contributed by atoms with van der Waals surface area (Å²) in [5.41, 5.74) is 2.51. The molecule has 0 fully saturated rings. The van der Waals surface area contributed by atoms with Gasteiger partial charge in [-0.3, -0.25) is 14.0 Å². The summed E-state index contributed by atoms with van der Waals surface area (Å²) >= 11 is 1.44. The molecule has 138 valence electrons. The SMILES string of the molecule is COc1ccc(-c2csc3ncn(Cc4cnn(C)c4)c(=O)c23)c(OC)c1. The van der Waals surface area contributed by atoms with Crippen LogP contribution < -0.4 is 15.0 Å². The van der Waals surface area contributed by atoms with Crippen LogP contribution in [0, 0.1) is 0 Å². The van der Waals surface area contributed by atoms with E-state index in [1.165, 1.54) is 11.3 Å². The molecule has 7 nitrogen and oxygen atoms in total. The van der Waals surface area contributed by atoms with Gasteiger partial charge in [-0.05, 0) is 12.1 Å². The first kappa shape index (κ1) is 17.3. The molecule has 0 aliphatic carbocycles. The third-order valence-corrected chi connectivity index (χ3v) is 5.26. The number of thiophene rings is 1. The number of fused-ring (bicyclic) bond motifs is 1. The van der Waals surface area contributed by atoms with Crippen molar-refractivity contribution in [2.24, 2.45) is 7.05 Å². The van der Waals surface area contributed by atoms with Crippen LogP contribution in [0.5, 0.6) is 11.5 Å². The van der Waals surface area contributed by atoms with Gasteiger partial charge in [0.15, 0.2) is 0 Å². The lowest BCUT2D eigenvalue weighted by Gasteiger charge is -2.10. The molecule has 0 radical (unpaired) electrons. The van der Waals surface area contributed by atoms with Crippen molar-refractivity contribution in [3.05, 3.63) is 58.2 Å². The zero-order valence-corrected chi connectivity index (χ0v) is 16.0. The van der Waals surface area contributed by atoms with Crippen molar-refractivity contribution in [1.29, 1.82) is 0 Å². The van der Waals surface area contributed by atoms with Crippen molar-refractivity contribution in [1.82, 2.24) is 19.3 Å². The Kier molecular flexibility index (Phi) is 4.41. The fourth-order valence-electron chi connectivity index (χ4n) is 3.05. The van der Waals surface area contributed by atoms with Gasteiger partial charge < -0.3 is 9.47 Å². The van der Waals surface area contributed by atoms with E-state index >= 15 is 0 Å². The molecule has 4 aromatic rings. The molecule has 0 atom stereocenters. The van der Waals surface area contributed by atoms with Gasteiger partial charge in [0.2, 0.25) is 0 Å². The Morgan fingerprint density at radius 2 is 2.04 bits per heavy atom. The fraction of sp³-hybridized carbons (Fsp3) is 0.211. The number of benzene rings is 1. The molecule has 0 spiro atoms. The van der Waals surface area contributed by atoms with Crippen molar-refractivity contribution in [3.8, 4) is 22.6 Å². The Morgan fingerprint density at radius 3 is 2.74 bits per heavy atom. The minimum absolute atomic E-state index is 0.0852. The van der Waals surface area contributed by atoms with Crippen LogP contribution in [-0.4, -0.2) is 33.6 Å². The van der Waals surface area contributed by atoms with E-state index in [4.69, 9.17) is 9.47 Å². The Balaban J connectivity index is 1.85. The van der Waals surface area contributed by atoms with Gasteiger partial charge in [0.05, 0.1) is 38.7 Å². The van der Waals surface area contributed by atoms with Gasteiger partial charge in [0, 0.05) is 41.4 Å². The van der Waals surface area contributed by atoms with Crippen LogP contribution in [0.4, 0.5) is 0 Å². The van der Waals surface area contributed by atoms with Crippen molar-refractivity contribution in [2.45, 2.75) is 6.54 Å². The van der Waals surface area contributed by atoms with E-state index in [0.717, 1.165) is 16.7 Å². The van der Waals surface area contributed by atoms with E-state index in [1.807, 2.05) is 36.8 Å². The highest BCUT2D eigenvalue weighted by Gasteiger charge is 2.17. The first-order chi connectivity index (χ1) is 13.1. The Labute approximate surface area is 159 Å². The molecule has 0 amide bonds. The van der Waals surface area contributed by atoms with Gasteiger partial charge in [-0.25, -0.2) is 4.98 Å². The van der Waals surface area contributed by atoms with Gasteiger partial charge in [-0.15, -0.1) is 11.3 Å². The molecular formula is C19H18N4O3S. The third-order valence-electron chi connectivity index (χ3n) is 4.37. The van der Waals surface area contributed by atoms with Gasteiger partial charge in [-0.1, -0.05) is 0 Å². The summed E-state index contributed by atoms with van der Waals surface area (Å²) in [6.07, 6.45) is 5.22. The quantitative estimate of drug-likeness (QED) is 0.531. The van der Waals surface area contributed by atoms with E-state index in [1.54, 1.807) is 36.0 Å². The van der Waals surface area contributed by atoms with Crippen LogP contribution in [0.15, 0.2) is 47.1 Å². The molecule has 0 saturated heterocycles. The number of hydrogen-bond donors (Lipinski definition) is 0. The summed E-state index contributed by atoms with van der Waals surface area (Å²) in [4.78, 5) is 18.3. The van der Waals surface area contributed by atoms with E-state index in [0.29, 0.717) is 28.3 Å². The number of methoxy groups -OCH3 is 2. The van der Waals surface area contributed by atoms with Crippen molar-refractivity contribution in [2.75, 3.05) is 14.2 Å². The first-order valence-electron chi connectivity index (χ1n) is 8.27. The second kappa shape index (κ2) is 6.88. The van der Waals surface area contributed by atoms with Crippen LogP contribution in [0.3, 0.4) is 0 Å². The highest BCUT2D eigenvalue weighted by molar-refractivity contribution is 7.17. The lowest BCUT2D eigenvalue weighted by Crippen LogP contribution is -2.20. The second-order valence-electron chi connectivity index (χ2n) is 6.10. The molecule has 0 bridgehead atoms. The minimum Gasteiger partial charge on any atom is -0.497 e. The van der Waals surface area contributed by atoms with Gasteiger partial charge in [0.1, 0.15) is 16.3 Å². The zero-order chi connectivity index (χ0) is 19.0. The molecule has 1 aromatic carbocycles. The Hall–Kier alpha value is -3.13. The summed E-state index contributed by atoms with van der Waals surface area (Å²) < 4.78 is 14.1. The second-order valence-corrected chi connectivity index (χ2v) is 6.95. The molecule has 0 aliphatic heterocycles. The number of rotatable bonds is 5. The summed E-state index contributed by atoms with van der Waals surface area (Å²) in [6.45, 7) is 0.421. The molecule has 0 aliphatic rings.